The summed E-state index contributed by atoms with van der Waals surface area (Å²) in [6.07, 6.45) is 13.7. The van der Waals surface area contributed by atoms with Crippen molar-refractivity contribution in [2.45, 2.75) is 148 Å². The molecular weight excluding hydrogens is 503 g/mol. The van der Waals surface area contributed by atoms with Crippen molar-refractivity contribution in [2.24, 2.45) is 17.8 Å². The molecule has 216 valence electrons. The second-order valence-electron chi connectivity index (χ2n) is 10.7. The molecule has 0 aliphatic carbocycles. The van der Waals surface area contributed by atoms with Crippen LogP contribution in [-0.2, 0) is 19.7 Å². The van der Waals surface area contributed by atoms with Crippen LogP contribution >= 0.6 is 0 Å². The topological polar surface area (TPSA) is 129 Å². The summed E-state index contributed by atoms with van der Waals surface area (Å²) in [4.78, 5) is 25.2. The van der Waals surface area contributed by atoms with Crippen LogP contribution in [0.1, 0.15) is 145 Å². The van der Waals surface area contributed by atoms with Crippen LogP contribution in [0.5, 0.6) is 0 Å². The van der Waals surface area contributed by atoms with E-state index in [1.54, 1.807) is 0 Å². The zero-order valence-corrected chi connectivity index (χ0v) is 27.2. The van der Waals surface area contributed by atoms with E-state index < -0.39 is 32.7 Å². The predicted octanol–water partition coefficient (Wildman–Crippen LogP) is 4.85. The minimum Gasteiger partial charge on any atom is -1.00 e. The van der Waals surface area contributed by atoms with Gasteiger partial charge in [-0.15, -0.1) is 0 Å². The predicted molar refractivity (Wildman–Crippen MR) is 147 cm³/mol. The van der Waals surface area contributed by atoms with Gasteiger partial charge in [-0.05, 0) is 24.7 Å². The molecule has 0 heterocycles. The molecule has 0 aromatic carbocycles. The largest absolute Gasteiger partial charge is 1.00 e. The molecule has 9 heteroatoms. The third-order valence-corrected chi connectivity index (χ3v) is 9.25. The summed E-state index contributed by atoms with van der Waals surface area (Å²) in [7, 11) is -5.20. The summed E-state index contributed by atoms with van der Waals surface area (Å²) >= 11 is 0. The summed E-state index contributed by atoms with van der Waals surface area (Å²) in [5.74, 6) is -5.27. The molecule has 4 atom stereocenters. The van der Waals surface area contributed by atoms with Crippen LogP contribution < -0.4 is 29.6 Å². The molecule has 0 saturated heterocycles. The van der Waals surface area contributed by atoms with Gasteiger partial charge in [-0.25, -0.2) is 0 Å². The van der Waals surface area contributed by atoms with Gasteiger partial charge in [0.2, 0.25) is 4.75 Å². The number of aliphatic carboxylic acids is 2. The monoisotopic (exact) mass is 558 g/mol. The molecule has 0 amide bonds. The summed E-state index contributed by atoms with van der Waals surface area (Å²) in [6.45, 7) is 8.26. The molecular formula is C28H55NaO7S. The molecule has 0 saturated carbocycles. The normalized spacial score (nSPS) is 15.8. The average Bonchev–Trinajstić information content (AvgIpc) is 2.81. The Hall–Kier alpha value is -0.150. The first-order valence-corrected chi connectivity index (χ1v) is 15.9. The van der Waals surface area contributed by atoms with Crippen molar-refractivity contribution in [3.05, 3.63) is 0 Å². The standard InChI is InChI=1S/C28H54O7S.Na.H/c1-5-9-13-15-19-23(17-11-7-3)21-25(26(29)30)28(27(31)32,36(33,34)35)22-24(18-12-8-4)20-16-14-10-6-2;;/h23-25H,5-22H2,1-4H3,(H,29,30)(H,31,32)(H,33,34,35);;/q;+1;-1. The first-order valence-electron chi connectivity index (χ1n) is 14.4. The maximum absolute atomic E-state index is 12.8. The first kappa shape index (κ1) is 39.0. The summed E-state index contributed by atoms with van der Waals surface area (Å²) < 4.78 is 33.3. The van der Waals surface area contributed by atoms with Gasteiger partial charge in [0.1, 0.15) is 0 Å². The van der Waals surface area contributed by atoms with E-state index in [1.165, 1.54) is 0 Å². The quantitative estimate of drug-likeness (QED) is 0.0877. The fourth-order valence-electron chi connectivity index (χ4n) is 5.46. The third-order valence-electron chi connectivity index (χ3n) is 7.71. The Morgan fingerprint density at radius 3 is 1.49 bits per heavy atom. The SMILES string of the molecule is CCCCCCC(CCCC)CC(C(=O)O)C(CC(CCCC)CCCCCC)(C(=O)O)S(=O)(=O)O.[H-].[Na+]. The van der Waals surface area contributed by atoms with Gasteiger partial charge in [-0.3, -0.25) is 14.1 Å². The van der Waals surface area contributed by atoms with E-state index in [4.69, 9.17) is 0 Å². The average molecular weight is 559 g/mol. The Kier molecular flexibility index (Phi) is 22.8. The Morgan fingerprint density at radius 1 is 0.703 bits per heavy atom. The van der Waals surface area contributed by atoms with E-state index in [2.05, 4.69) is 13.8 Å². The summed E-state index contributed by atoms with van der Waals surface area (Å²) in [5.41, 5.74) is 0. The molecule has 0 bridgehead atoms. The van der Waals surface area contributed by atoms with Gasteiger partial charge in [0.15, 0.2) is 0 Å². The van der Waals surface area contributed by atoms with Gasteiger partial charge < -0.3 is 11.6 Å². The van der Waals surface area contributed by atoms with Crippen LogP contribution in [0.4, 0.5) is 0 Å². The van der Waals surface area contributed by atoms with Crippen molar-refractivity contribution >= 4 is 22.1 Å². The molecule has 0 aromatic rings. The fourth-order valence-corrected chi connectivity index (χ4v) is 6.68. The molecule has 0 spiro atoms. The Morgan fingerprint density at radius 2 is 1.11 bits per heavy atom. The Bertz CT molecular complexity index is 720. The third kappa shape index (κ3) is 14.2. The van der Waals surface area contributed by atoms with Crippen LogP contribution in [0.2, 0.25) is 0 Å². The van der Waals surface area contributed by atoms with Crippen LogP contribution in [0, 0.1) is 17.8 Å². The van der Waals surface area contributed by atoms with Crippen LogP contribution in [-0.4, -0.2) is 39.9 Å². The fraction of sp³-hybridized carbons (Fsp3) is 0.929. The van der Waals surface area contributed by atoms with Crippen molar-refractivity contribution in [1.82, 2.24) is 0 Å². The molecule has 0 radical (unpaired) electrons. The zero-order valence-electron chi connectivity index (χ0n) is 25.3. The number of rotatable bonds is 24. The molecule has 0 fully saturated rings. The first-order chi connectivity index (χ1) is 17.0. The van der Waals surface area contributed by atoms with E-state index in [9.17, 15) is 32.8 Å². The Labute approximate surface area is 250 Å². The van der Waals surface area contributed by atoms with Crippen molar-refractivity contribution in [3.8, 4) is 0 Å². The Balaban J connectivity index is -0.00000612. The smallest absolute Gasteiger partial charge is 1.00 e. The minimum atomic E-state index is -5.20. The van der Waals surface area contributed by atoms with Crippen molar-refractivity contribution in [1.29, 1.82) is 0 Å². The number of carboxylic acids is 2. The van der Waals surface area contributed by atoms with Crippen molar-refractivity contribution in [3.63, 3.8) is 0 Å². The van der Waals surface area contributed by atoms with Crippen molar-refractivity contribution in [2.75, 3.05) is 0 Å². The summed E-state index contributed by atoms with van der Waals surface area (Å²) in [6, 6.07) is 0. The van der Waals surface area contributed by atoms with E-state index in [1.807, 2.05) is 13.8 Å². The molecule has 7 nitrogen and oxygen atoms in total. The molecule has 3 N–H and O–H groups in total. The number of carboxylic acid groups (broad SMARTS) is 2. The molecule has 0 aromatic heterocycles. The minimum absolute atomic E-state index is 0. The number of unbranched alkanes of at least 4 members (excludes halogenated alkanes) is 8. The number of hydrogen-bond donors (Lipinski definition) is 3. The molecule has 37 heavy (non-hydrogen) atoms. The van der Waals surface area contributed by atoms with Gasteiger partial charge in [-0.2, -0.15) is 8.42 Å². The molecule has 0 rings (SSSR count). The van der Waals surface area contributed by atoms with Gasteiger partial charge >= 0.3 is 41.5 Å². The number of carbonyl (C=O) groups is 2. The van der Waals surface area contributed by atoms with E-state index in [0.717, 1.165) is 89.9 Å². The zero-order chi connectivity index (χ0) is 27.6. The van der Waals surface area contributed by atoms with Crippen molar-refractivity contribution < 1.29 is 63.8 Å². The van der Waals surface area contributed by atoms with Crippen LogP contribution in [0.3, 0.4) is 0 Å². The van der Waals surface area contributed by atoms with Gasteiger partial charge in [0.25, 0.3) is 10.1 Å². The van der Waals surface area contributed by atoms with Crippen LogP contribution in [0.15, 0.2) is 0 Å². The van der Waals surface area contributed by atoms with Gasteiger partial charge in [-0.1, -0.05) is 130 Å². The molecule has 0 aliphatic rings. The second kappa shape index (κ2) is 21.6. The number of hydrogen-bond acceptors (Lipinski definition) is 4. The van der Waals surface area contributed by atoms with E-state index in [0.29, 0.717) is 12.8 Å². The van der Waals surface area contributed by atoms with E-state index in [-0.39, 0.29) is 55.7 Å². The van der Waals surface area contributed by atoms with E-state index >= 15 is 0 Å². The van der Waals surface area contributed by atoms with Gasteiger partial charge in [0.05, 0.1) is 5.92 Å². The van der Waals surface area contributed by atoms with Crippen LogP contribution in [0.25, 0.3) is 0 Å². The maximum Gasteiger partial charge on any atom is 1.00 e. The maximum atomic E-state index is 12.8. The summed E-state index contributed by atoms with van der Waals surface area (Å²) in [5, 5.41) is 20.5. The second-order valence-corrected chi connectivity index (χ2v) is 12.4. The molecule has 4 unspecified atom stereocenters. The molecule has 0 aliphatic heterocycles. The van der Waals surface area contributed by atoms with Gasteiger partial charge in [0, 0.05) is 0 Å².